The molecule has 0 saturated carbocycles. The van der Waals surface area contributed by atoms with E-state index < -0.39 is 0 Å². The van der Waals surface area contributed by atoms with Gasteiger partial charge in [-0.15, -0.1) is 0 Å². The van der Waals surface area contributed by atoms with Gasteiger partial charge >= 0.3 is 0 Å². The van der Waals surface area contributed by atoms with Crippen LogP contribution in [-0.4, -0.2) is 0 Å². The van der Waals surface area contributed by atoms with Gasteiger partial charge in [-0.3, -0.25) is 0 Å². The quantitative estimate of drug-likeness (QED) is 0.142. The van der Waals surface area contributed by atoms with E-state index in [0.717, 1.165) is 83.5 Å². The number of hydrogen-bond acceptors (Lipinski definition) is 2. The number of hydrogen-bond donors (Lipinski definition) is 0. The number of rotatable bonds is 8. The third kappa shape index (κ3) is 6.34. The van der Waals surface area contributed by atoms with Crippen LogP contribution in [0.15, 0.2) is 253 Å². The lowest BCUT2D eigenvalue weighted by Crippen LogP contribution is -2.11. The van der Waals surface area contributed by atoms with Crippen molar-refractivity contribution >= 4 is 71.3 Å². The van der Waals surface area contributed by atoms with Crippen LogP contribution in [0.2, 0.25) is 0 Å². The zero-order chi connectivity index (χ0) is 43.6. The van der Waals surface area contributed by atoms with Crippen LogP contribution in [0.25, 0.3) is 110 Å². The molecule has 66 heavy (non-hydrogen) atoms. The molecule has 2 nitrogen and oxygen atoms in total. The number of benzene rings is 12. The Labute approximate surface area is 383 Å². The molecule has 1 aromatic heterocycles. The lowest BCUT2D eigenvalue weighted by Gasteiger charge is -2.29. The third-order valence-electron chi connectivity index (χ3n) is 13.4. The highest BCUT2D eigenvalue weighted by molar-refractivity contribution is 6.25. The minimum Gasteiger partial charge on any atom is -0.455 e. The summed E-state index contributed by atoms with van der Waals surface area (Å²) in [7, 11) is 0. The molecule has 13 rings (SSSR count). The number of fused-ring (bicyclic) bond motifs is 3. The van der Waals surface area contributed by atoms with Crippen molar-refractivity contribution in [3.8, 4) is 55.6 Å². The first-order valence-electron chi connectivity index (χ1n) is 22.7. The smallest absolute Gasteiger partial charge is 0.143 e. The second-order valence-electron chi connectivity index (χ2n) is 17.2. The summed E-state index contributed by atoms with van der Waals surface area (Å²) < 4.78 is 6.49. The summed E-state index contributed by atoms with van der Waals surface area (Å²) in [5.74, 6) is 0. The Balaban J connectivity index is 0.964. The van der Waals surface area contributed by atoms with Gasteiger partial charge in [0.15, 0.2) is 0 Å². The summed E-state index contributed by atoms with van der Waals surface area (Å²) in [6.07, 6.45) is 0. The summed E-state index contributed by atoms with van der Waals surface area (Å²) in [5.41, 5.74) is 16.6. The number of para-hydroxylation sites is 3. The van der Waals surface area contributed by atoms with Gasteiger partial charge in [0.2, 0.25) is 0 Å². The molecule has 1 heterocycles. The van der Waals surface area contributed by atoms with Crippen LogP contribution in [0, 0.1) is 0 Å². The van der Waals surface area contributed by atoms with Crippen molar-refractivity contribution in [2.75, 3.05) is 4.90 Å². The first-order chi connectivity index (χ1) is 32.7. The molecule has 308 valence electrons. The standard InChI is InChI=1S/C64H41NO/c1-3-13-42(14-4-1)50-39-51(43-25-27-45(28-26-43)54-37-33-49-30-29-47-17-11-18-48-34-38-58(54)63(49)62(47)48)41-53(40-50)65(60-23-9-7-19-55(60)44-15-5-2-6-16-44)52-35-31-46(32-36-52)56-21-12-22-59-57-20-8-10-24-61(57)66-64(56)59/h1-41H. The summed E-state index contributed by atoms with van der Waals surface area (Å²) >= 11 is 0. The van der Waals surface area contributed by atoms with Crippen LogP contribution in [-0.2, 0) is 0 Å². The molecule has 0 N–H and O–H groups in total. The maximum absolute atomic E-state index is 6.49. The lowest BCUT2D eigenvalue weighted by atomic mass is 9.89. The molecule has 0 aliphatic carbocycles. The second-order valence-corrected chi connectivity index (χ2v) is 17.2. The third-order valence-corrected chi connectivity index (χ3v) is 13.4. The van der Waals surface area contributed by atoms with Gasteiger partial charge in [-0.2, -0.15) is 0 Å². The van der Waals surface area contributed by atoms with Crippen molar-refractivity contribution in [3.63, 3.8) is 0 Å². The minimum absolute atomic E-state index is 0.899. The van der Waals surface area contributed by atoms with E-state index in [9.17, 15) is 0 Å². The van der Waals surface area contributed by atoms with Crippen molar-refractivity contribution < 1.29 is 4.42 Å². The Kier molecular flexibility index (Phi) is 8.89. The van der Waals surface area contributed by atoms with Crippen LogP contribution in [0.5, 0.6) is 0 Å². The van der Waals surface area contributed by atoms with E-state index in [4.69, 9.17) is 4.42 Å². The molecule has 0 spiro atoms. The molecule has 0 atom stereocenters. The van der Waals surface area contributed by atoms with Gasteiger partial charge in [-0.1, -0.05) is 206 Å². The molecule has 12 aromatic carbocycles. The molecule has 2 heteroatoms. The molecule has 0 amide bonds. The first-order valence-corrected chi connectivity index (χ1v) is 22.7. The fraction of sp³-hybridized carbons (Fsp3) is 0. The summed E-state index contributed by atoms with van der Waals surface area (Å²) in [4.78, 5) is 2.42. The largest absolute Gasteiger partial charge is 0.455 e. The Hall–Kier alpha value is -8.72. The molecule has 0 aliphatic rings. The molecule has 0 fully saturated rings. The zero-order valence-corrected chi connectivity index (χ0v) is 36.0. The first kappa shape index (κ1) is 37.8. The van der Waals surface area contributed by atoms with E-state index in [-0.39, 0.29) is 0 Å². The van der Waals surface area contributed by atoms with Gasteiger partial charge in [0.05, 0.1) is 5.69 Å². The topological polar surface area (TPSA) is 16.4 Å². The van der Waals surface area contributed by atoms with Crippen LogP contribution >= 0.6 is 0 Å². The SMILES string of the molecule is c1ccc(-c2cc(-c3ccc(-c4ccc5ccc6cccc7ccc4c5c67)cc3)cc(N(c3ccc(-c4cccc5c4oc4ccccc45)cc3)c3ccccc3-c3ccccc3)c2)cc1. The Morgan fingerprint density at radius 3 is 1.58 bits per heavy atom. The van der Waals surface area contributed by atoms with Crippen molar-refractivity contribution in [3.05, 3.63) is 249 Å². The number of nitrogens with zero attached hydrogens (tertiary/aromatic N) is 1. The van der Waals surface area contributed by atoms with Gasteiger partial charge < -0.3 is 9.32 Å². The molecule has 0 radical (unpaired) electrons. The highest BCUT2D eigenvalue weighted by Gasteiger charge is 2.21. The molecule has 0 aliphatic heterocycles. The molecular formula is C64H41NO. The van der Waals surface area contributed by atoms with Gasteiger partial charge in [0.1, 0.15) is 11.2 Å². The van der Waals surface area contributed by atoms with Gasteiger partial charge in [-0.25, -0.2) is 0 Å². The van der Waals surface area contributed by atoms with Crippen LogP contribution in [0.4, 0.5) is 17.1 Å². The fourth-order valence-electron chi connectivity index (χ4n) is 10.3. The van der Waals surface area contributed by atoms with Crippen LogP contribution < -0.4 is 4.90 Å². The van der Waals surface area contributed by atoms with Gasteiger partial charge in [-0.05, 0) is 119 Å². The molecule has 0 unspecified atom stereocenters. The number of furan rings is 1. The molecule has 0 saturated heterocycles. The lowest BCUT2D eigenvalue weighted by molar-refractivity contribution is 0.670. The Morgan fingerprint density at radius 2 is 0.803 bits per heavy atom. The monoisotopic (exact) mass is 839 g/mol. The zero-order valence-electron chi connectivity index (χ0n) is 36.0. The molecular weight excluding hydrogens is 799 g/mol. The highest BCUT2D eigenvalue weighted by Crippen LogP contribution is 2.46. The number of anilines is 3. The van der Waals surface area contributed by atoms with E-state index in [1.807, 2.05) is 12.1 Å². The minimum atomic E-state index is 0.899. The van der Waals surface area contributed by atoms with Gasteiger partial charge in [0.25, 0.3) is 0 Å². The molecule has 13 aromatic rings. The second kappa shape index (κ2) is 15.5. The average Bonchev–Trinajstić information content (AvgIpc) is 3.78. The summed E-state index contributed by atoms with van der Waals surface area (Å²) in [6.45, 7) is 0. The van der Waals surface area contributed by atoms with E-state index in [2.05, 4.69) is 241 Å². The van der Waals surface area contributed by atoms with Crippen molar-refractivity contribution in [1.29, 1.82) is 0 Å². The van der Waals surface area contributed by atoms with E-state index in [1.165, 1.54) is 43.4 Å². The van der Waals surface area contributed by atoms with Gasteiger partial charge in [0, 0.05) is 33.3 Å². The fourth-order valence-corrected chi connectivity index (χ4v) is 10.3. The van der Waals surface area contributed by atoms with E-state index in [1.54, 1.807) is 0 Å². The maximum Gasteiger partial charge on any atom is 0.143 e. The van der Waals surface area contributed by atoms with Crippen LogP contribution in [0.1, 0.15) is 0 Å². The normalized spacial score (nSPS) is 11.6. The molecule has 0 bridgehead atoms. The predicted molar refractivity (Wildman–Crippen MR) is 279 cm³/mol. The predicted octanol–water partition coefficient (Wildman–Crippen LogP) is 18.3. The van der Waals surface area contributed by atoms with Crippen LogP contribution in [0.3, 0.4) is 0 Å². The Morgan fingerprint density at radius 1 is 0.273 bits per heavy atom. The van der Waals surface area contributed by atoms with Crippen molar-refractivity contribution in [1.82, 2.24) is 0 Å². The summed E-state index contributed by atoms with van der Waals surface area (Å²) in [6, 6.07) is 90.3. The van der Waals surface area contributed by atoms with E-state index >= 15 is 0 Å². The maximum atomic E-state index is 6.49. The Bertz CT molecular complexity index is 3890. The van der Waals surface area contributed by atoms with Crippen molar-refractivity contribution in [2.24, 2.45) is 0 Å². The summed E-state index contributed by atoms with van der Waals surface area (Å²) in [5, 5.41) is 10.1. The van der Waals surface area contributed by atoms with E-state index in [0.29, 0.717) is 0 Å². The highest BCUT2D eigenvalue weighted by atomic mass is 16.3. The average molecular weight is 840 g/mol. The van der Waals surface area contributed by atoms with Crippen molar-refractivity contribution in [2.45, 2.75) is 0 Å².